The fraction of sp³-hybridized carbons (Fsp3) is 0.150. The number of nitrogens with zero attached hydrogens (tertiary/aromatic N) is 1. The third-order valence-electron chi connectivity index (χ3n) is 3.85. The topological polar surface area (TPSA) is 12.4 Å². The minimum Gasteiger partial charge on any atom is -0.255 e. The summed E-state index contributed by atoms with van der Waals surface area (Å²) in [6.07, 6.45) is 3.97. The maximum atomic E-state index is 4.79. The van der Waals surface area contributed by atoms with Crippen LogP contribution in [0.4, 0.5) is 0 Å². The van der Waals surface area contributed by atoms with Gasteiger partial charge in [0.05, 0.1) is 5.71 Å². The third kappa shape index (κ3) is 3.28. The van der Waals surface area contributed by atoms with Crippen molar-refractivity contribution in [1.29, 1.82) is 0 Å². The van der Waals surface area contributed by atoms with E-state index in [1.165, 1.54) is 16.7 Å². The fourth-order valence-corrected chi connectivity index (χ4v) is 3.00. The first-order valence-corrected chi connectivity index (χ1v) is 8.28. The lowest BCUT2D eigenvalue weighted by molar-refractivity contribution is 0.968. The van der Waals surface area contributed by atoms with Gasteiger partial charge < -0.3 is 0 Å². The van der Waals surface area contributed by atoms with E-state index in [1.807, 2.05) is 12.3 Å². The highest BCUT2D eigenvalue weighted by Gasteiger charge is 2.16. The molecule has 110 valence electrons. The lowest BCUT2D eigenvalue weighted by Crippen LogP contribution is -2.08. The molecule has 2 aromatic carbocycles. The molecule has 0 aromatic heterocycles. The van der Waals surface area contributed by atoms with Gasteiger partial charge in [0.2, 0.25) is 0 Å². The first kappa shape index (κ1) is 15.0. The highest BCUT2D eigenvalue weighted by molar-refractivity contribution is 9.11. The standard InChI is InChI=1S/C20H18BrN/c1-15-12-13-18(21)14-22-20(17-10-6-3-7-11-17)19(15)16-8-4-2-5-9-16/h2-11,14H,12-13H2,1H3. The van der Waals surface area contributed by atoms with Crippen molar-refractivity contribution in [3.63, 3.8) is 0 Å². The van der Waals surface area contributed by atoms with E-state index in [-0.39, 0.29) is 0 Å². The molecule has 1 nitrogen and oxygen atoms in total. The Morgan fingerprint density at radius 1 is 0.818 bits per heavy atom. The zero-order chi connectivity index (χ0) is 15.4. The zero-order valence-electron chi connectivity index (χ0n) is 12.6. The molecule has 0 bridgehead atoms. The molecule has 0 radical (unpaired) electrons. The number of aliphatic imine (C=N–C) groups is 1. The normalized spacial score (nSPS) is 15.7. The van der Waals surface area contributed by atoms with Gasteiger partial charge in [-0.1, -0.05) is 82.2 Å². The second-order valence-corrected chi connectivity index (χ2v) is 6.46. The molecule has 2 aromatic rings. The van der Waals surface area contributed by atoms with E-state index >= 15 is 0 Å². The second-order valence-electron chi connectivity index (χ2n) is 5.44. The highest BCUT2D eigenvalue weighted by Crippen LogP contribution is 2.30. The van der Waals surface area contributed by atoms with Gasteiger partial charge in [-0.2, -0.15) is 0 Å². The van der Waals surface area contributed by atoms with Gasteiger partial charge >= 0.3 is 0 Å². The Kier molecular flexibility index (Phi) is 4.69. The largest absolute Gasteiger partial charge is 0.255 e. The van der Waals surface area contributed by atoms with Crippen molar-refractivity contribution in [1.82, 2.24) is 0 Å². The Hall–Kier alpha value is -1.93. The maximum Gasteiger partial charge on any atom is 0.0780 e. The Bertz CT molecular complexity index is 740. The van der Waals surface area contributed by atoms with Crippen LogP contribution in [0.15, 0.2) is 81.9 Å². The molecule has 0 aliphatic carbocycles. The predicted octanol–water partition coefficient (Wildman–Crippen LogP) is 5.98. The van der Waals surface area contributed by atoms with Crippen molar-refractivity contribution in [2.45, 2.75) is 19.8 Å². The van der Waals surface area contributed by atoms with Gasteiger partial charge in [-0.15, -0.1) is 0 Å². The summed E-state index contributed by atoms with van der Waals surface area (Å²) in [4.78, 5) is 4.79. The van der Waals surface area contributed by atoms with E-state index in [2.05, 4.69) is 77.5 Å². The zero-order valence-corrected chi connectivity index (χ0v) is 14.2. The highest BCUT2D eigenvalue weighted by atomic mass is 79.9. The molecule has 0 spiro atoms. The summed E-state index contributed by atoms with van der Waals surface area (Å²) in [5, 5.41) is 0. The lowest BCUT2D eigenvalue weighted by Gasteiger charge is -2.17. The van der Waals surface area contributed by atoms with E-state index in [0.29, 0.717) is 0 Å². The third-order valence-corrected chi connectivity index (χ3v) is 4.45. The predicted molar refractivity (Wildman–Crippen MR) is 98.3 cm³/mol. The molecule has 1 aliphatic heterocycles. The minimum absolute atomic E-state index is 0.994. The first-order chi connectivity index (χ1) is 10.8. The molecule has 0 atom stereocenters. The van der Waals surface area contributed by atoms with E-state index in [4.69, 9.17) is 4.99 Å². The Labute approximate surface area is 140 Å². The summed E-state index contributed by atoms with van der Waals surface area (Å²) in [7, 11) is 0. The molecule has 0 saturated carbocycles. The molecule has 2 heteroatoms. The van der Waals surface area contributed by atoms with Gasteiger partial charge in [0.25, 0.3) is 0 Å². The number of halogens is 1. The van der Waals surface area contributed by atoms with Gasteiger partial charge in [-0.3, -0.25) is 4.99 Å². The fourth-order valence-electron chi connectivity index (χ4n) is 2.70. The SMILES string of the molecule is CC1=C(c2ccccc2)C(c2ccccc2)=NC=C(Br)CC1. The Balaban J connectivity index is 2.21. The van der Waals surface area contributed by atoms with Crippen LogP contribution in [0.1, 0.15) is 30.9 Å². The summed E-state index contributed by atoms with van der Waals surface area (Å²) in [6.45, 7) is 2.21. The van der Waals surface area contributed by atoms with Crippen molar-refractivity contribution < 1.29 is 0 Å². The molecule has 0 saturated heterocycles. The van der Waals surface area contributed by atoms with E-state index in [9.17, 15) is 0 Å². The van der Waals surface area contributed by atoms with E-state index in [1.54, 1.807) is 0 Å². The van der Waals surface area contributed by atoms with Crippen LogP contribution in [-0.2, 0) is 0 Å². The molecule has 0 unspecified atom stereocenters. The van der Waals surface area contributed by atoms with Gasteiger partial charge in [0.15, 0.2) is 0 Å². The van der Waals surface area contributed by atoms with Gasteiger partial charge in [-0.05, 0) is 25.3 Å². The number of hydrogen-bond acceptors (Lipinski definition) is 1. The summed E-state index contributed by atoms with van der Waals surface area (Å²) in [5.74, 6) is 0. The summed E-state index contributed by atoms with van der Waals surface area (Å²) >= 11 is 3.61. The van der Waals surface area contributed by atoms with Gasteiger partial charge in [-0.25, -0.2) is 0 Å². The van der Waals surface area contributed by atoms with Crippen molar-refractivity contribution >= 4 is 27.2 Å². The quantitative estimate of drug-likeness (QED) is 0.630. The molecule has 1 aliphatic rings. The minimum atomic E-state index is 0.994. The van der Waals surface area contributed by atoms with Crippen LogP contribution < -0.4 is 0 Å². The molecule has 3 rings (SSSR count). The van der Waals surface area contributed by atoms with Crippen LogP contribution in [0, 0.1) is 0 Å². The smallest absolute Gasteiger partial charge is 0.0780 e. The van der Waals surface area contributed by atoms with Crippen LogP contribution in [0.5, 0.6) is 0 Å². The molecular weight excluding hydrogens is 334 g/mol. The van der Waals surface area contributed by atoms with Crippen molar-refractivity contribution in [2.24, 2.45) is 4.99 Å². The average molecular weight is 352 g/mol. The average Bonchev–Trinajstić information content (AvgIpc) is 2.56. The van der Waals surface area contributed by atoms with Crippen LogP contribution in [0.2, 0.25) is 0 Å². The number of benzene rings is 2. The molecule has 22 heavy (non-hydrogen) atoms. The molecule has 0 amide bonds. The van der Waals surface area contributed by atoms with Crippen LogP contribution in [-0.4, -0.2) is 5.71 Å². The maximum absolute atomic E-state index is 4.79. The Morgan fingerprint density at radius 3 is 2.05 bits per heavy atom. The molecule has 1 heterocycles. The Morgan fingerprint density at radius 2 is 1.41 bits per heavy atom. The van der Waals surface area contributed by atoms with Crippen LogP contribution in [0.25, 0.3) is 5.57 Å². The van der Waals surface area contributed by atoms with Gasteiger partial charge in [0, 0.05) is 21.8 Å². The second kappa shape index (κ2) is 6.89. The molecule has 0 fully saturated rings. The number of hydrogen-bond donors (Lipinski definition) is 0. The summed E-state index contributed by atoms with van der Waals surface area (Å²) in [6, 6.07) is 21.0. The van der Waals surface area contributed by atoms with Gasteiger partial charge in [0.1, 0.15) is 0 Å². The van der Waals surface area contributed by atoms with E-state index in [0.717, 1.165) is 28.6 Å². The van der Waals surface area contributed by atoms with Crippen molar-refractivity contribution in [3.8, 4) is 0 Å². The first-order valence-electron chi connectivity index (χ1n) is 7.49. The van der Waals surface area contributed by atoms with Crippen LogP contribution >= 0.6 is 15.9 Å². The van der Waals surface area contributed by atoms with Crippen molar-refractivity contribution in [3.05, 3.63) is 88.0 Å². The lowest BCUT2D eigenvalue weighted by atomic mass is 9.90. The summed E-state index contributed by atoms with van der Waals surface area (Å²) < 4.78 is 1.15. The van der Waals surface area contributed by atoms with E-state index < -0.39 is 0 Å². The molecule has 0 N–H and O–H groups in total. The number of allylic oxidation sites excluding steroid dienone is 3. The van der Waals surface area contributed by atoms with Crippen LogP contribution in [0.3, 0.4) is 0 Å². The molecular formula is C20H18BrN. The monoisotopic (exact) mass is 351 g/mol. The van der Waals surface area contributed by atoms with Crippen molar-refractivity contribution in [2.75, 3.05) is 0 Å². The number of rotatable bonds is 2. The summed E-state index contributed by atoms with van der Waals surface area (Å²) in [5.41, 5.74) is 6.05.